The Labute approximate surface area is 164 Å². The van der Waals surface area contributed by atoms with Crippen LogP contribution in [0.25, 0.3) is 28.2 Å². The molecule has 27 heavy (non-hydrogen) atoms. The van der Waals surface area contributed by atoms with Crippen LogP contribution < -0.4 is 0 Å². The number of aromatic nitrogens is 3. The number of aromatic carboxylic acids is 1. The molecule has 0 spiro atoms. The van der Waals surface area contributed by atoms with Crippen LogP contribution in [0.1, 0.15) is 10.4 Å². The molecule has 2 aromatic carbocycles. The van der Waals surface area contributed by atoms with E-state index in [-0.39, 0.29) is 5.56 Å². The lowest BCUT2D eigenvalue weighted by atomic mass is 10.0. The van der Waals surface area contributed by atoms with Gasteiger partial charge >= 0.3 is 5.97 Å². The predicted molar refractivity (Wildman–Crippen MR) is 107 cm³/mol. The molecule has 2 aromatic heterocycles. The SMILES string of the molecule is O=C(O)c1c(-c2ccncc2)nn(-c2cccc(Br)c2)c1-c1ccccc1. The van der Waals surface area contributed by atoms with Crippen molar-refractivity contribution >= 4 is 21.9 Å². The van der Waals surface area contributed by atoms with E-state index in [9.17, 15) is 9.90 Å². The van der Waals surface area contributed by atoms with Crippen LogP contribution in [0.15, 0.2) is 83.6 Å². The second-order valence-corrected chi connectivity index (χ2v) is 6.79. The number of hydrogen-bond acceptors (Lipinski definition) is 3. The number of benzene rings is 2. The molecule has 0 saturated heterocycles. The molecule has 132 valence electrons. The van der Waals surface area contributed by atoms with Gasteiger partial charge in [0.05, 0.1) is 11.4 Å². The molecule has 5 nitrogen and oxygen atoms in total. The largest absolute Gasteiger partial charge is 0.478 e. The van der Waals surface area contributed by atoms with E-state index < -0.39 is 5.97 Å². The summed E-state index contributed by atoms with van der Waals surface area (Å²) >= 11 is 3.47. The quantitative estimate of drug-likeness (QED) is 0.501. The minimum absolute atomic E-state index is 0.160. The summed E-state index contributed by atoms with van der Waals surface area (Å²) in [7, 11) is 0. The van der Waals surface area contributed by atoms with Gasteiger partial charge in [-0.05, 0) is 30.3 Å². The van der Waals surface area contributed by atoms with Crippen molar-refractivity contribution in [2.75, 3.05) is 0 Å². The van der Waals surface area contributed by atoms with Crippen molar-refractivity contribution in [3.05, 3.63) is 89.2 Å². The van der Waals surface area contributed by atoms with Gasteiger partial charge < -0.3 is 5.11 Å². The fourth-order valence-corrected chi connectivity index (χ4v) is 3.38. The molecule has 0 aliphatic heterocycles. The number of rotatable bonds is 4. The zero-order chi connectivity index (χ0) is 18.8. The number of carbonyl (C=O) groups is 1. The third-order valence-corrected chi connectivity index (χ3v) is 4.65. The molecule has 0 aliphatic carbocycles. The van der Waals surface area contributed by atoms with Crippen LogP contribution in [0.5, 0.6) is 0 Å². The molecule has 0 fully saturated rings. The molecule has 1 N–H and O–H groups in total. The summed E-state index contributed by atoms with van der Waals surface area (Å²) in [5.41, 5.74) is 3.35. The topological polar surface area (TPSA) is 68.0 Å². The fraction of sp³-hybridized carbons (Fsp3) is 0. The third-order valence-electron chi connectivity index (χ3n) is 4.15. The van der Waals surface area contributed by atoms with Gasteiger partial charge in [-0.15, -0.1) is 0 Å². The summed E-state index contributed by atoms with van der Waals surface area (Å²) in [6.07, 6.45) is 3.25. The first-order valence-corrected chi connectivity index (χ1v) is 9.02. The summed E-state index contributed by atoms with van der Waals surface area (Å²) in [6, 6.07) is 20.5. The zero-order valence-electron chi connectivity index (χ0n) is 14.1. The lowest BCUT2D eigenvalue weighted by Crippen LogP contribution is -2.03. The highest BCUT2D eigenvalue weighted by Crippen LogP contribution is 2.34. The summed E-state index contributed by atoms with van der Waals surface area (Å²) < 4.78 is 2.57. The van der Waals surface area contributed by atoms with E-state index in [2.05, 4.69) is 26.0 Å². The lowest BCUT2D eigenvalue weighted by Gasteiger charge is -2.09. The van der Waals surface area contributed by atoms with Gasteiger partial charge in [0.2, 0.25) is 0 Å². The van der Waals surface area contributed by atoms with Crippen molar-refractivity contribution in [3.8, 4) is 28.2 Å². The molecule has 0 unspecified atom stereocenters. The van der Waals surface area contributed by atoms with Crippen LogP contribution in [0.3, 0.4) is 0 Å². The number of nitrogens with zero attached hydrogens (tertiary/aromatic N) is 3. The van der Waals surface area contributed by atoms with Gasteiger partial charge in [0.25, 0.3) is 0 Å². The Morgan fingerprint density at radius 2 is 1.67 bits per heavy atom. The van der Waals surface area contributed by atoms with Crippen molar-refractivity contribution in [3.63, 3.8) is 0 Å². The molecule has 0 amide bonds. The monoisotopic (exact) mass is 419 g/mol. The van der Waals surface area contributed by atoms with Crippen molar-refractivity contribution in [1.82, 2.24) is 14.8 Å². The van der Waals surface area contributed by atoms with Gasteiger partial charge in [0, 0.05) is 28.0 Å². The number of carboxylic acid groups (broad SMARTS) is 1. The second-order valence-electron chi connectivity index (χ2n) is 5.87. The smallest absolute Gasteiger partial charge is 0.340 e. The standard InChI is InChI=1S/C21H14BrN3O2/c22-16-7-4-8-17(13-16)25-20(15-5-2-1-3-6-15)18(21(26)27)19(24-25)14-9-11-23-12-10-14/h1-13H,(H,26,27). The van der Waals surface area contributed by atoms with Gasteiger partial charge in [-0.3, -0.25) is 4.98 Å². The molecule has 0 bridgehead atoms. The second kappa shape index (κ2) is 7.17. The molecular formula is C21H14BrN3O2. The molecule has 0 saturated carbocycles. The van der Waals surface area contributed by atoms with Crippen LogP contribution in [0, 0.1) is 0 Å². The molecular weight excluding hydrogens is 406 g/mol. The lowest BCUT2D eigenvalue weighted by molar-refractivity contribution is 0.0698. The predicted octanol–water partition coefficient (Wildman–Crippen LogP) is 5.06. The van der Waals surface area contributed by atoms with E-state index in [4.69, 9.17) is 0 Å². The third kappa shape index (κ3) is 3.27. The van der Waals surface area contributed by atoms with E-state index in [0.29, 0.717) is 17.0 Å². The van der Waals surface area contributed by atoms with Crippen LogP contribution in [-0.4, -0.2) is 25.8 Å². The minimum Gasteiger partial charge on any atom is -0.478 e. The summed E-state index contributed by atoms with van der Waals surface area (Å²) in [5.74, 6) is -1.03. The van der Waals surface area contributed by atoms with Gasteiger partial charge in [0.15, 0.2) is 0 Å². The Kier molecular flexibility index (Phi) is 4.56. The maximum absolute atomic E-state index is 12.2. The molecule has 0 aliphatic rings. The van der Waals surface area contributed by atoms with E-state index in [0.717, 1.165) is 15.7 Å². The van der Waals surface area contributed by atoms with E-state index >= 15 is 0 Å². The Balaban J connectivity index is 2.07. The highest BCUT2D eigenvalue weighted by atomic mass is 79.9. The average Bonchev–Trinajstić information content (AvgIpc) is 3.10. The van der Waals surface area contributed by atoms with Gasteiger partial charge in [-0.25, -0.2) is 9.48 Å². The van der Waals surface area contributed by atoms with Gasteiger partial charge in [0.1, 0.15) is 11.3 Å². The maximum atomic E-state index is 12.2. The number of pyridine rings is 1. The molecule has 4 rings (SSSR count). The van der Waals surface area contributed by atoms with Crippen LogP contribution >= 0.6 is 15.9 Å². The van der Waals surface area contributed by atoms with E-state index in [1.165, 1.54) is 0 Å². The first-order chi connectivity index (χ1) is 13.1. The van der Waals surface area contributed by atoms with Crippen LogP contribution in [0.4, 0.5) is 0 Å². The normalized spacial score (nSPS) is 10.7. The van der Waals surface area contributed by atoms with Gasteiger partial charge in [-0.2, -0.15) is 5.10 Å². The number of carboxylic acids is 1. The first kappa shape index (κ1) is 17.2. The molecule has 0 radical (unpaired) electrons. The highest BCUT2D eigenvalue weighted by Gasteiger charge is 2.26. The summed E-state index contributed by atoms with van der Waals surface area (Å²) in [4.78, 5) is 16.2. The minimum atomic E-state index is -1.03. The molecule has 6 heteroatoms. The van der Waals surface area contributed by atoms with E-state index in [1.54, 1.807) is 29.2 Å². The maximum Gasteiger partial charge on any atom is 0.340 e. The van der Waals surface area contributed by atoms with Gasteiger partial charge in [-0.1, -0.05) is 52.3 Å². The first-order valence-electron chi connectivity index (χ1n) is 8.23. The van der Waals surface area contributed by atoms with Crippen molar-refractivity contribution in [2.24, 2.45) is 0 Å². The Morgan fingerprint density at radius 1 is 0.926 bits per heavy atom. The van der Waals surface area contributed by atoms with Crippen molar-refractivity contribution in [2.45, 2.75) is 0 Å². The van der Waals surface area contributed by atoms with E-state index in [1.807, 2.05) is 54.6 Å². The van der Waals surface area contributed by atoms with Crippen LogP contribution in [-0.2, 0) is 0 Å². The van der Waals surface area contributed by atoms with Crippen molar-refractivity contribution < 1.29 is 9.90 Å². The molecule has 0 atom stereocenters. The molecule has 2 heterocycles. The molecule has 4 aromatic rings. The average molecular weight is 420 g/mol. The number of hydrogen-bond donors (Lipinski definition) is 1. The van der Waals surface area contributed by atoms with Crippen molar-refractivity contribution in [1.29, 1.82) is 0 Å². The Bertz CT molecular complexity index is 1110. The highest BCUT2D eigenvalue weighted by molar-refractivity contribution is 9.10. The van der Waals surface area contributed by atoms with Crippen LogP contribution in [0.2, 0.25) is 0 Å². The number of halogens is 1. The fourth-order valence-electron chi connectivity index (χ4n) is 2.99. The Hall–Kier alpha value is -3.25. The Morgan fingerprint density at radius 3 is 2.33 bits per heavy atom. The summed E-state index contributed by atoms with van der Waals surface area (Å²) in [5, 5.41) is 14.7. The summed E-state index contributed by atoms with van der Waals surface area (Å²) in [6.45, 7) is 0. The zero-order valence-corrected chi connectivity index (χ0v) is 15.7.